The van der Waals surface area contributed by atoms with Gasteiger partial charge in [0.1, 0.15) is 11.2 Å². The van der Waals surface area contributed by atoms with Gasteiger partial charge in [0.2, 0.25) is 0 Å². The maximum atomic E-state index is 6.14. The molecule has 0 saturated carbocycles. The van der Waals surface area contributed by atoms with Gasteiger partial charge in [0, 0.05) is 49.7 Å². The van der Waals surface area contributed by atoms with Crippen molar-refractivity contribution in [2.75, 3.05) is 4.90 Å². The number of fused-ring (bicyclic) bond motifs is 8. The number of nitrogens with zero attached hydrogens (tertiary/aromatic N) is 2. The summed E-state index contributed by atoms with van der Waals surface area (Å²) in [5, 5.41) is 7.27. The summed E-state index contributed by atoms with van der Waals surface area (Å²) >= 11 is 0. The van der Waals surface area contributed by atoms with E-state index in [0.29, 0.717) is 0 Å². The Labute approximate surface area is 248 Å². The average molecular weight is 551 g/mol. The van der Waals surface area contributed by atoms with Crippen LogP contribution in [0.25, 0.3) is 60.2 Å². The van der Waals surface area contributed by atoms with Crippen LogP contribution in [0.5, 0.6) is 0 Å². The number of furan rings is 1. The maximum Gasteiger partial charge on any atom is 0.135 e. The van der Waals surface area contributed by atoms with Crippen molar-refractivity contribution in [3.63, 3.8) is 0 Å². The van der Waals surface area contributed by atoms with Gasteiger partial charge < -0.3 is 13.9 Å². The number of anilines is 3. The highest BCUT2D eigenvalue weighted by Gasteiger charge is 2.18. The molecule has 202 valence electrons. The van der Waals surface area contributed by atoms with E-state index < -0.39 is 0 Å². The van der Waals surface area contributed by atoms with Crippen LogP contribution in [0, 0.1) is 0 Å². The molecule has 0 aliphatic heterocycles. The lowest BCUT2D eigenvalue weighted by molar-refractivity contribution is 0.669. The van der Waals surface area contributed by atoms with Gasteiger partial charge >= 0.3 is 0 Å². The van der Waals surface area contributed by atoms with Crippen LogP contribution in [-0.4, -0.2) is 4.57 Å². The van der Waals surface area contributed by atoms with E-state index in [0.717, 1.165) is 44.7 Å². The second-order valence-electron chi connectivity index (χ2n) is 11.0. The molecule has 9 aromatic rings. The Balaban J connectivity index is 1.24. The van der Waals surface area contributed by atoms with Crippen LogP contribution in [-0.2, 0) is 0 Å². The third kappa shape index (κ3) is 3.68. The smallest absolute Gasteiger partial charge is 0.135 e. The molecule has 7 aromatic carbocycles. The molecule has 0 aliphatic rings. The fourth-order valence-corrected chi connectivity index (χ4v) is 6.63. The molecule has 3 nitrogen and oxygen atoms in total. The average Bonchev–Trinajstić information content (AvgIpc) is 3.62. The van der Waals surface area contributed by atoms with Gasteiger partial charge in [-0.2, -0.15) is 0 Å². The second-order valence-corrected chi connectivity index (χ2v) is 11.0. The monoisotopic (exact) mass is 550 g/mol. The second kappa shape index (κ2) is 9.37. The molecule has 0 spiro atoms. The number of hydrogen-bond donors (Lipinski definition) is 0. The summed E-state index contributed by atoms with van der Waals surface area (Å²) in [4.78, 5) is 2.31. The lowest BCUT2D eigenvalue weighted by Gasteiger charge is -2.26. The van der Waals surface area contributed by atoms with Crippen LogP contribution >= 0.6 is 0 Å². The molecule has 0 fully saturated rings. The van der Waals surface area contributed by atoms with Gasteiger partial charge in [-0.25, -0.2) is 0 Å². The Morgan fingerprint density at radius 2 is 1.07 bits per heavy atom. The first-order chi connectivity index (χ1) is 21.3. The van der Waals surface area contributed by atoms with Crippen LogP contribution in [0.15, 0.2) is 162 Å². The molecular weight excluding hydrogens is 524 g/mol. The zero-order valence-corrected chi connectivity index (χ0v) is 23.3. The maximum absolute atomic E-state index is 6.14. The van der Waals surface area contributed by atoms with Gasteiger partial charge in [-0.15, -0.1) is 0 Å². The fourth-order valence-electron chi connectivity index (χ4n) is 6.63. The van der Waals surface area contributed by atoms with Crippen molar-refractivity contribution < 1.29 is 4.42 Å². The van der Waals surface area contributed by atoms with Gasteiger partial charge in [0.15, 0.2) is 0 Å². The summed E-state index contributed by atoms with van der Waals surface area (Å²) in [5.41, 5.74) is 8.66. The van der Waals surface area contributed by atoms with Gasteiger partial charge in [0.05, 0.1) is 11.0 Å². The standard InChI is InChI=1S/C40H26N2O/c1-2-11-28(12-3-1)41(31-23-25-39-36(26-31)34-15-7-9-17-38(34)43-39)29-19-21-30(22-20-29)42-37-16-8-6-14-33(37)35-24-18-27-10-4-5-13-32(27)40(35)42/h1-26H. The molecule has 0 aliphatic carbocycles. The molecule has 9 rings (SSSR count). The van der Waals surface area contributed by atoms with E-state index in [2.05, 4.69) is 155 Å². The zero-order chi connectivity index (χ0) is 28.3. The Bertz CT molecular complexity index is 2450. The molecule has 0 amide bonds. The number of aromatic nitrogens is 1. The predicted molar refractivity (Wildman–Crippen MR) is 180 cm³/mol. The quantitative estimate of drug-likeness (QED) is 0.217. The Morgan fingerprint density at radius 1 is 0.419 bits per heavy atom. The van der Waals surface area contributed by atoms with Crippen LogP contribution in [0.3, 0.4) is 0 Å². The van der Waals surface area contributed by atoms with E-state index in [4.69, 9.17) is 4.42 Å². The Kier molecular flexibility index (Phi) is 5.20. The molecular formula is C40H26N2O. The summed E-state index contributed by atoms with van der Waals surface area (Å²) in [5.74, 6) is 0. The van der Waals surface area contributed by atoms with Crippen molar-refractivity contribution in [2.45, 2.75) is 0 Å². The molecule has 0 atom stereocenters. The molecule has 43 heavy (non-hydrogen) atoms. The van der Waals surface area contributed by atoms with Crippen molar-refractivity contribution in [1.82, 2.24) is 4.57 Å². The van der Waals surface area contributed by atoms with Gasteiger partial charge in [-0.1, -0.05) is 91.0 Å². The van der Waals surface area contributed by atoms with Crippen molar-refractivity contribution >= 4 is 71.6 Å². The minimum Gasteiger partial charge on any atom is -0.456 e. The third-order valence-electron chi connectivity index (χ3n) is 8.56. The number of hydrogen-bond acceptors (Lipinski definition) is 2. The van der Waals surface area contributed by atoms with Gasteiger partial charge in [-0.3, -0.25) is 0 Å². The van der Waals surface area contributed by atoms with E-state index >= 15 is 0 Å². The van der Waals surface area contributed by atoms with E-state index in [-0.39, 0.29) is 0 Å². The summed E-state index contributed by atoms with van der Waals surface area (Å²) in [6, 6.07) is 56.0. The minimum absolute atomic E-state index is 0.895. The first kappa shape index (κ1) is 23.9. The minimum atomic E-state index is 0.895. The summed E-state index contributed by atoms with van der Waals surface area (Å²) in [7, 11) is 0. The topological polar surface area (TPSA) is 21.3 Å². The Morgan fingerprint density at radius 3 is 1.93 bits per heavy atom. The normalized spacial score (nSPS) is 11.7. The van der Waals surface area contributed by atoms with Crippen LogP contribution < -0.4 is 4.90 Å². The zero-order valence-electron chi connectivity index (χ0n) is 23.3. The summed E-state index contributed by atoms with van der Waals surface area (Å²) in [6.45, 7) is 0. The van der Waals surface area contributed by atoms with Gasteiger partial charge in [-0.05, 0) is 72.1 Å². The molecule has 2 aromatic heterocycles. The van der Waals surface area contributed by atoms with E-state index in [1.54, 1.807) is 0 Å². The van der Waals surface area contributed by atoms with Crippen molar-refractivity contribution in [3.8, 4) is 5.69 Å². The molecule has 2 heterocycles. The van der Waals surface area contributed by atoms with Crippen LogP contribution in [0.2, 0.25) is 0 Å². The third-order valence-corrected chi connectivity index (χ3v) is 8.56. The molecule has 3 heteroatoms. The highest BCUT2D eigenvalue weighted by atomic mass is 16.3. The predicted octanol–water partition coefficient (Wildman–Crippen LogP) is 11.3. The van der Waals surface area contributed by atoms with Crippen LogP contribution in [0.4, 0.5) is 17.1 Å². The lowest BCUT2D eigenvalue weighted by atomic mass is 10.1. The fraction of sp³-hybridized carbons (Fsp3) is 0. The van der Waals surface area contributed by atoms with E-state index in [9.17, 15) is 0 Å². The summed E-state index contributed by atoms with van der Waals surface area (Å²) < 4.78 is 8.55. The highest BCUT2D eigenvalue weighted by molar-refractivity contribution is 6.18. The molecule has 0 saturated heterocycles. The molecule has 0 radical (unpaired) electrons. The first-order valence-electron chi connectivity index (χ1n) is 14.6. The number of benzene rings is 7. The van der Waals surface area contributed by atoms with Crippen molar-refractivity contribution in [3.05, 3.63) is 158 Å². The van der Waals surface area contributed by atoms with E-state index in [1.807, 2.05) is 12.1 Å². The van der Waals surface area contributed by atoms with E-state index in [1.165, 1.54) is 32.6 Å². The lowest BCUT2D eigenvalue weighted by Crippen LogP contribution is -2.10. The Hall–Kier alpha value is -5.80. The molecule has 0 N–H and O–H groups in total. The molecule has 0 unspecified atom stereocenters. The largest absolute Gasteiger partial charge is 0.456 e. The molecule has 0 bridgehead atoms. The van der Waals surface area contributed by atoms with Gasteiger partial charge in [0.25, 0.3) is 0 Å². The first-order valence-corrected chi connectivity index (χ1v) is 14.6. The van der Waals surface area contributed by atoms with Crippen LogP contribution in [0.1, 0.15) is 0 Å². The number of para-hydroxylation sites is 3. The SMILES string of the molecule is c1ccc(N(c2ccc(-n3c4ccccc4c4ccc5ccccc5c43)cc2)c2ccc3oc4ccccc4c3c2)cc1. The van der Waals surface area contributed by atoms with Crippen molar-refractivity contribution in [2.24, 2.45) is 0 Å². The van der Waals surface area contributed by atoms with Crippen molar-refractivity contribution in [1.29, 1.82) is 0 Å². The number of rotatable bonds is 4. The highest BCUT2D eigenvalue weighted by Crippen LogP contribution is 2.40. The summed E-state index contributed by atoms with van der Waals surface area (Å²) in [6.07, 6.45) is 0.